The number of hydrogen-bond acceptors (Lipinski definition) is 5. The van der Waals surface area contributed by atoms with Gasteiger partial charge in [0.2, 0.25) is 0 Å². The summed E-state index contributed by atoms with van der Waals surface area (Å²) in [7, 11) is 0. The van der Waals surface area contributed by atoms with E-state index in [1.165, 1.54) is 44.5 Å². The van der Waals surface area contributed by atoms with Crippen molar-refractivity contribution < 1.29 is 9.53 Å². The Morgan fingerprint density at radius 3 is 2.71 bits per heavy atom. The monoisotopic (exact) mass is 445 g/mol. The Morgan fingerprint density at radius 1 is 1.13 bits per heavy atom. The number of hydrogen-bond donors (Lipinski definition) is 2. The minimum absolute atomic E-state index is 0. The molecule has 5 fully saturated rings. The molecule has 1 aliphatic carbocycles. The fourth-order valence-corrected chi connectivity index (χ4v) is 5.40. The summed E-state index contributed by atoms with van der Waals surface area (Å²) in [5.74, 6) is 1.37. The first-order chi connectivity index (χ1) is 14.7. The Morgan fingerprint density at radius 2 is 1.97 bits per heavy atom. The molecule has 0 radical (unpaired) electrons. The van der Waals surface area contributed by atoms with Gasteiger partial charge < -0.3 is 19.9 Å². The lowest BCUT2D eigenvalue weighted by Gasteiger charge is -2.44. The number of aromatic amines is 1. The van der Waals surface area contributed by atoms with Crippen LogP contribution in [0.15, 0.2) is 18.2 Å². The molecule has 1 amide bonds. The first kappa shape index (κ1) is 21.0. The van der Waals surface area contributed by atoms with Crippen molar-refractivity contribution in [3.8, 4) is 0 Å². The molecule has 5 heterocycles. The molecule has 1 aromatic carbocycles. The summed E-state index contributed by atoms with van der Waals surface area (Å²) in [5, 5.41) is 11.6. The van der Waals surface area contributed by atoms with E-state index in [0.717, 1.165) is 49.5 Å². The lowest BCUT2D eigenvalue weighted by atomic mass is 9.84. The van der Waals surface area contributed by atoms with Gasteiger partial charge in [0.1, 0.15) is 0 Å². The number of anilines is 1. The third-order valence-electron chi connectivity index (χ3n) is 7.51. The lowest BCUT2D eigenvalue weighted by molar-refractivity contribution is 0.0605. The van der Waals surface area contributed by atoms with Crippen LogP contribution in [0, 0.1) is 11.8 Å². The molecule has 2 atom stereocenters. The van der Waals surface area contributed by atoms with Crippen molar-refractivity contribution in [2.75, 3.05) is 44.2 Å². The van der Waals surface area contributed by atoms with Crippen LogP contribution >= 0.6 is 12.4 Å². The number of carbonyl (C=O) groups excluding carboxylic acids is 1. The third kappa shape index (κ3) is 4.28. The van der Waals surface area contributed by atoms with E-state index in [1.54, 1.807) is 0 Å². The standard InChI is InChI=1S/C23H31N5O2.ClH/c29-23(24-21-13-27-8-5-16(21)6-9-27)22-19-4-3-17(11-20(19)25-26-22)28-10-7-18(12-28)30-14-15-1-2-15;/h3-4,11,15-16,18,21H,1-2,5-10,12-14H2,(H,24,29)(H,25,26);1H/t18-,21?;/m0./s1. The van der Waals surface area contributed by atoms with Crippen molar-refractivity contribution in [2.24, 2.45) is 11.8 Å². The van der Waals surface area contributed by atoms with E-state index in [4.69, 9.17) is 4.74 Å². The maximum atomic E-state index is 12.9. The Hall–Kier alpha value is -1.83. The van der Waals surface area contributed by atoms with Crippen LogP contribution in [0.25, 0.3) is 10.9 Å². The van der Waals surface area contributed by atoms with Gasteiger partial charge in [-0.05, 0) is 75.2 Å². The lowest BCUT2D eigenvalue weighted by Crippen LogP contribution is -2.57. The molecule has 2 N–H and O–H groups in total. The molecular weight excluding hydrogens is 414 g/mol. The number of piperidine rings is 3. The summed E-state index contributed by atoms with van der Waals surface area (Å²) in [6.07, 6.45) is 6.48. The number of rotatable bonds is 6. The number of ether oxygens (including phenoxy) is 1. The zero-order chi connectivity index (χ0) is 20.1. The summed E-state index contributed by atoms with van der Waals surface area (Å²) in [4.78, 5) is 17.8. The average Bonchev–Trinajstić information content (AvgIpc) is 3.32. The van der Waals surface area contributed by atoms with Gasteiger partial charge in [-0.3, -0.25) is 9.89 Å². The highest BCUT2D eigenvalue weighted by atomic mass is 35.5. The first-order valence-corrected chi connectivity index (χ1v) is 11.6. The minimum atomic E-state index is -0.0533. The largest absolute Gasteiger partial charge is 0.376 e. The van der Waals surface area contributed by atoms with E-state index < -0.39 is 0 Å². The molecule has 7 nitrogen and oxygen atoms in total. The van der Waals surface area contributed by atoms with Crippen molar-refractivity contribution in [1.29, 1.82) is 0 Å². The van der Waals surface area contributed by atoms with Gasteiger partial charge in [0.05, 0.1) is 11.6 Å². The van der Waals surface area contributed by atoms with E-state index in [9.17, 15) is 4.79 Å². The van der Waals surface area contributed by atoms with Crippen LogP contribution in [0.2, 0.25) is 0 Å². The predicted molar refractivity (Wildman–Crippen MR) is 123 cm³/mol. The SMILES string of the molecule is Cl.O=C(NC1CN2CCC1CC2)c1n[nH]c2cc(N3CC[C@H](OCC4CC4)C3)ccc12. The molecule has 4 saturated heterocycles. The molecule has 1 saturated carbocycles. The van der Waals surface area contributed by atoms with Crippen LogP contribution in [0.1, 0.15) is 42.6 Å². The highest BCUT2D eigenvalue weighted by molar-refractivity contribution is 6.05. The molecule has 8 heteroatoms. The second-order valence-electron chi connectivity index (χ2n) is 9.65. The average molecular weight is 446 g/mol. The van der Waals surface area contributed by atoms with E-state index in [1.807, 2.05) is 6.07 Å². The molecule has 0 spiro atoms. The molecule has 168 valence electrons. The molecule has 1 aromatic heterocycles. The van der Waals surface area contributed by atoms with Gasteiger partial charge in [0.25, 0.3) is 5.91 Å². The van der Waals surface area contributed by atoms with Gasteiger partial charge in [-0.2, -0.15) is 5.10 Å². The summed E-state index contributed by atoms with van der Waals surface area (Å²) in [6.45, 7) is 6.21. The number of fused-ring (bicyclic) bond motifs is 4. The zero-order valence-electron chi connectivity index (χ0n) is 17.9. The van der Waals surface area contributed by atoms with Gasteiger partial charge >= 0.3 is 0 Å². The van der Waals surface area contributed by atoms with Crippen LogP contribution in [-0.2, 0) is 4.74 Å². The van der Waals surface area contributed by atoms with Gasteiger partial charge in [0, 0.05) is 43.4 Å². The van der Waals surface area contributed by atoms with Gasteiger partial charge in [0.15, 0.2) is 5.69 Å². The summed E-state index contributed by atoms with van der Waals surface area (Å²) in [5.41, 5.74) is 2.61. The molecule has 2 aromatic rings. The van der Waals surface area contributed by atoms with E-state index >= 15 is 0 Å². The maximum absolute atomic E-state index is 12.9. The van der Waals surface area contributed by atoms with Gasteiger partial charge in [-0.15, -0.1) is 12.4 Å². The van der Waals surface area contributed by atoms with Crippen LogP contribution in [0.3, 0.4) is 0 Å². The number of H-pyrrole nitrogens is 1. The molecule has 1 unspecified atom stereocenters. The first-order valence-electron chi connectivity index (χ1n) is 11.6. The van der Waals surface area contributed by atoms with Crippen molar-refractivity contribution in [3.63, 3.8) is 0 Å². The quantitative estimate of drug-likeness (QED) is 0.715. The number of amides is 1. The number of nitrogens with zero attached hydrogens (tertiary/aromatic N) is 3. The fourth-order valence-electron chi connectivity index (χ4n) is 5.40. The van der Waals surface area contributed by atoms with Crippen LogP contribution < -0.4 is 10.2 Å². The van der Waals surface area contributed by atoms with E-state index in [-0.39, 0.29) is 24.4 Å². The molecule has 31 heavy (non-hydrogen) atoms. The van der Waals surface area contributed by atoms with Gasteiger partial charge in [-0.1, -0.05) is 0 Å². The highest BCUT2D eigenvalue weighted by Crippen LogP contribution is 2.32. The molecule has 2 bridgehead atoms. The van der Waals surface area contributed by atoms with Crippen molar-refractivity contribution in [1.82, 2.24) is 20.4 Å². The van der Waals surface area contributed by atoms with E-state index in [0.29, 0.717) is 17.7 Å². The fraction of sp³-hybridized carbons (Fsp3) is 0.652. The van der Waals surface area contributed by atoms with Crippen LogP contribution in [0.5, 0.6) is 0 Å². The zero-order valence-corrected chi connectivity index (χ0v) is 18.7. The second-order valence-corrected chi connectivity index (χ2v) is 9.65. The highest BCUT2D eigenvalue weighted by Gasteiger charge is 2.35. The van der Waals surface area contributed by atoms with E-state index in [2.05, 4.69) is 37.4 Å². The minimum Gasteiger partial charge on any atom is -0.376 e. The van der Waals surface area contributed by atoms with Crippen molar-refractivity contribution in [2.45, 2.75) is 44.2 Å². The number of aromatic nitrogens is 2. The normalized spacial score (nSPS) is 29.9. The summed E-state index contributed by atoms with van der Waals surface area (Å²) < 4.78 is 6.08. The number of carbonyl (C=O) groups is 1. The molecule has 5 aliphatic rings. The number of halogens is 1. The van der Waals surface area contributed by atoms with Crippen LogP contribution in [-0.4, -0.2) is 72.5 Å². The molecule has 4 aliphatic heterocycles. The molecule has 7 rings (SSSR count). The van der Waals surface area contributed by atoms with Crippen molar-refractivity contribution >= 4 is 34.9 Å². The summed E-state index contributed by atoms with van der Waals surface area (Å²) in [6, 6.07) is 6.53. The Bertz CT molecular complexity index is 937. The van der Waals surface area contributed by atoms with Crippen LogP contribution in [0.4, 0.5) is 5.69 Å². The smallest absolute Gasteiger partial charge is 0.272 e. The number of benzene rings is 1. The Labute approximate surface area is 189 Å². The Balaban J connectivity index is 0.00000204. The maximum Gasteiger partial charge on any atom is 0.272 e. The van der Waals surface area contributed by atoms with Crippen molar-refractivity contribution in [3.05, 3.63) is 23.9 Å². The topological polar surface area (TPSA) is 73.5 Å². The predicted octanol–water partition coefficient (Wildman–Crippen LogP) is 2.81. The van der Waals surface area contributed by atoms with Gasteiger partial charge in [-0.25, -0.2) is 0 Å². The summed E-state index contributed by atoms with van der Waals surface area (Å²) >= 11 is 0. The Kier molecular flexibility index (Phi) is 5.84. The number of nitrogens with one attached hydrogen (secondary N) is 2. The third-order valence-corrected chi connectivity index (χ3v) is 7.51. The molecular formula is C23H32ClN5O2. The second kappa shape index (κ2) is 8.60.